The Morgan fingerprint density at radius 3 is 2.53 bits per heavy atom. The van der Waals surface area contributed by atoms with Gasteiger partial charge in [-0.2, -0.15) is 0 Å². The van der Waals surface area contributed by atoms with E-state index in [2.05, 4.69) is 5.32 Å². The minimum Gasteiger partial charge on any atom is -0.496 e. The smallest absolute Gasteiger partial charge is 0.254 e. The molecule has 1 saturated heterocycles. The summed E-state index contributed by atoms with van der Waals surface area (Å²) < 4.78 is 32.3. The Morgan fingerprint density at radius 2 is 1.83 bits per heavy atom. The van der Waals surface area contributed by atoms with Gasteiger partial charge in [-0.15, -0.1) is 0 Å². The van der Waals surface area contributed by atoms with Crippen molar-refractivity contribution in [1.29, 1.82) is 0 Å². The van der Waals surface area contributed by atoms with Crippen molar-refractivity contribution in [2.75, 3.05) is 39.8 Å². The van der Waals surface area contributed by atoms with E-state index in [1.165, 1.54) is 18.1 Å². The average molecular weight is 417 g/mol. The number of nitrogens with one attached hydrogen (secondary N) is 1. The van der Waals surface area contributed by atoms with E-state index < -0.39 is 17.5 Å². The molecule has 1 N–H and O–H groups in total. The van der Waals surface area contributed by atoms with E-state index in [1.807, 2.05) is 18.2 Å². The minimum absolute atomic E-state index is 0.0263. The van der Waals surface area contributed by atoms with Crippen molar-refractivity contribution in [3.63, 3.8) is 0 Å². The number of hydrogen-bond acceptors (Lipinski definition) is 4. The molecule has 0 aromatic heterocycles. The molecular weight excluding hydrogens is 392 g/mol. The SMILES string of the molecule is COc1ccccc1CN(CCC(=O)N1CCNCC1)C(=O)c1ccc(F)c(F)c1. The van der Waals surface area contributed by atoms with Crippen molar-refractivity contribution in [2.45, 2.75) is 13.0 Å². The van der Waals surface area contributed by atoms with Gasteiger partial charge in [0.25, 0.3) is 5.91 Å². The second kappa shape index (κ2) is 10.2. The van der Waals surface area contributed by atoms with Gasteiger partial charge >= 0.3 is 0 Å². The van der Waals surface area contributed by atoms with Gasteiger partial charge in [0.1, 0.15) is 5.75 Å². The summed E-state index contributed by atoms with van der Waals surface area (Å²) in [6.45, 7) is 3.06. The fraction of sp³-hybridized carbons (Fsp3) is 0.364. The quantitative estimate of drug-likeness (QED) is 0.752. The van der Waals surface area contributed by atoms with Gasteiger partial charge in [-0.05, 0) is 24.3 Å². The molecule has 3 rings (SSSR count). The highest BCUT2D eigenvalue weighted by atomic mass is 19.2. The number of ether oxygens (including phenoxy) is 1. The molecule has 2 aromatic rings. The fourth-order valence-electron chi connectivity index (χ4n) is 3.41. The molecule has 2 aromatic carbocycles. The van der Waals surface area contributed by atoms with Crippen molar-refractivity contribution in [3.8, 4) is 5.75 Å². The maximum atomic E-state index is 13.7. The zero-order valence-electron chi connectivity index (χ0n) is 16.9. The zero-order chi connectivity index (χ0) is 21.5. The molecular formula is C22H25F2N3O3. The number of carbonyl (C=O) groups is 2. The molecule has 0 unspecified atom stereocenters. The number of amides is 2. The first-order valence-corrected chi connectivity index (χ1v) is 9.84. The van der Waals surface area contributed by atoms with Gasteiger partial charge in [-0.1, -0.05) is 18.2 Å². The number of nitrogens with zero attached hydrogens (tertiary/aromatic N) is 2. The molecule has 1 fully saturated rings. The van der Waals surface area contributed by atoms with Gasteiger partial charge in [-0.3, -0.25) is 9.59 Å². The van der Waals surface area contributed by atoms with E-state index in [9.17, 15) is 18.4 Å². The third-order valence-corrected chi connectivity index (χ3v) is 5.07. The molecule has 8 heteroatoms. The predicted octanol–water partition coefficient (Wildman–Crippen LogP) is 2.44. The van der Waals surface area contributed by atoms with Gasteiger partial charge in [0.05, 0.1) is 7.11 Å². The van der Waals surface area contributed by atoms with E-state index in [0.29, 0.717) is 18.8 Å². The number of benzene rings is 2. The van der Waals surface area contributed by atoms with Crippen LogP contribution in [0.3, 0.4) is 0 Å². The molecule has 1 heterocycles. The number of rotatable bonds is 7. The van der Waals surface area contributed by atoms with Crippen molar-refractivity contribution < 1.29 is 23.1 Å². The molecule has 0 saturated carbocycles. The first-order valence-electron chi connectivity index (χ1n) is 9.84. The van der Waals surface area contributed by atoms with E-state index in [-0.39, 0.29) is 31.0 Å². The Labute approximate surface area is 174 Å². The summed E-state index contributed by atoms with van der Waals surface area (Å²) in [5.41, 5.74) is 0.781. The van der Waals surface area contributed by atoms with Crippen LogP contribution in [0.2, 0.25) is 0 Å². The summed E-state index contributed by atoms with van der Waals surface area (Å²) in [4.78, 5) is 28.9. The van der Waals surface area contributed by atoms with Gasteiger partial charge in [0, 0.05) is 56.8 Å². The van der Waals surface area contributed by atoms with E-state index in [0.717, 1.165) is 30.8 Å². The molecule has 1 aliphatic heterocycles. The molecule has 0 spiro atoms. The Balaban J connectivity index is 1.79. The second-order valence-electron chi connectivity index (χ2n) is 7.05. The predicted molar refractivity (Wildman–Crippen MR) is 108 cm³/mol. The molecule has 0 atom stereocenters. The summed E-state index contributed by atoms with van der Waals surface area (Å²) in [7, 11) is 1.54. The Hall–Kier alpha value is -3.00. The third-order valence-electron chi connectivity index (χ3n) is 5.07. The van der Waals surface area contributed by atoms with Crippen molar-refractivity contribution in [2.24, 2.45) is 0 Å². The lowest BCUT2D eigenvalue weighted by Gasteiger charge is -2.29. The van der Waals surface area contributed by atoms with Crippen LogP contribution in [0.25, 0.3) is 0 Å². The number of carbonyl (C=O) groups excluding carboxylic acids is 2. The molecule has 160 valence electrons. The number of para-hydroxylation sites is 1. The average Bonchev–Trinajstić information content (AvgIpc) is 2.78. The first-order chi connectivity index (χ1) is 14.5. The van der Waals surface area contributed by atoms with Crippen molar-refractivity contribution in [1.82, 2.24) is 15.1 Å². The van der Waals surface area contributed by atoms with Crippen LogP contribution in [0.5, 0.6) is 5.75 Å². The summed E-state index contributed by atoms with van der Waals surface area (Å²) in [5.74, 6) is -2.02. The van der Waals surface area contributed by atoms with Gasteiger partial charge < -0.3 is 19.9 Å². The van der Waals surface area contributed by atoms with Gasteiger partial charge in [0.15, 0.2) is 11.6 Å². The molecule has 0 aliphatic carbocycles. The van der Waals surface area contributed by atoms with Crippen LogP contribution in [0.1, 0.15) is 22.3 Å². The molecule has 1 aliphatic rings. The summed E-state index contributed by atoms with van der Waals surface area (Å²) in [5, 5.41) is 3.19. The van der Waals surface area contributed by atoms with Crippen LogP contribution in [0.15, 0.2) is 42.5 Å². The summed E-state index contributed by atoms with van der Waals surface area (Å²) in [6.07, 6.45) is 0.143. The normalized spacial score (nSPS) is 13.8. The number of piperazine rings is 1. The van der Waals surface area contributed by atoms with Crippen molar-refractivity contribution in [3.05, 3.63) is 65.2 Å². The Morgan fingerprint density at radius 1 is 1.10 bits per heavy atom. The molecule has 30 heavy (non-hydrogen) atoms. The highest BCUT2D eigenvalue weighted by molar-refractivity contribution is 5.94. The lowest BCUT2D eigenvalue weighted by Crippen LogP contribution is -2.47. The monoisotopic (exact) mass is 417 g/mol. The minimum atomic E-state index is -1.09. The Kier molecular flexibility index (Phi) is 7.35. The maximum Gasteiger partial charge on any atom is 0.254 e. The standard InChI is InChI=1S/C22H25F2N3O3/c1-30-20-5-3-2-4-17(20)15-27(11-8-21(28)26-12-9-25-10-13-26)22(29)16-6-7-18(23)19(24)14-16/h2-7,14,25H,8-13,15H2,1H3. The third kappa shape index (κ3) is 5.33. The zero-order valence-corrected chi connectivity index (χ0v) is 16.9. The van der Waals surface area contributed by atoms with Crippen LogP contribution < -0.4 is 10.1 Å². The van der Waals surface area contributed by atoms with Gasteiger partial charge in [-0.25, -0.2) is 8.78 Å². The largest absolute Gasteiger partial charge is 0.496 e. The lowest BCUT2D eigenvalue weighted by molar-refractivity contribution is -0.132. The van der Waals surface area contributed by atoms with Crippen LogP contribution >= 0.6 is 0 Å². The lowest BCUT2D eigenvalue weighted by atomic mass is 10.1. The van der Waals surface area contributed by atoms with E-state index >= 15 is 0 Å². The van der Waals surface area contributed by atoms with Crippen LogP contribution in [-0.2, 0) is 11.3 Å². The molecule has 2 amide bonds. The molecule has 6 nitrogen and oxygen atoms in total. The van der Waals surface area contributed by atoms with Crippen molar-refractivity contribution >= 4 is 11.8 Å². The van der Waals surface area contributed by atoms with Crippen LogP contribution in [0, 0.1) is 11.6 Å². The first kappa shape index (κ1) is 21.7. The highest BCUT2D eigenvalue weighted by Gasteiger charge is 2.22. The van der Waals surface area contributed by atoms with E-state index in [4.69, 9.17) is 4.74 Å². The molecule has 0 radical (unpaired) electrons. The maximum absolute atomic E-state index is 13.7. The highest BCUT2D eigenvalue weighted by Crippen LogP contribution is 2.21. The summed E-state index contributed by atoms with van der Waals surface area (Å²) >= 11 is 0. The van der Waals surface area contributed by atoms with E-state index in [1.54, 1.807) is 11.0 Å². The van der Waals surface area contributed by atoms with Crippen LogP contribution in [-0.4, -0.2) is 61.4 Å². The fourth-order valence-corrected chi connectivity index (χ4v) is 3.41. The summed E-state index contributed by atoms with van der Waals surface area (Å²) in [6, 6.07) is 10.3. The molecule has 0 bridgehead atoms. The second-order valence-corrected chi connectivity index (χ2v) is 7.05. The number of methoxy groups -OCH3 is 1. The number of halogens is 2. The van der Waals surface area contributed by atoms with Gasteiger partial charge in [0.2, 0.25) is 5.91 Å². The Bertz CT molecular complexity index is 901. The topological polar surface area (TPSA) is 61.9 Å². The van der Waals surface area contributed by atoms with Crippen LogP contribution in [0.4, 0.5) is 8.78 Å². The number of hydrogen-bond donors (Lipinski definition) is 1.